The van der Waals surface area contributed by atoms with E-state index >= 15 is 0 Å². The lowest BCUT2D eigenvalue weighted by molar-refractivity contribution is -0.382. The Bertz CT molecular complexity index is 1120. The Morgan fingerprint density at radius 1 is 1.43 bits per heavy atom. The Morgan fingerprint density at radius 3 is 2.53 bits per heavy atom. The van der Waals surface area contributed by atoms with Gasteiger partial charge in [-0.1, -0.05) is 0 Å². The highest BCUT2D eigenvalue weighted by Gasteiger charge is 2.35. The standard InChI is InChI=1S/C18H18FN3O8/c1-7(23)12(17(25)26)20-13-11(19)5-9-14(15(13)22(28)29)21(8-3-4-8)6-10(16(9)24)18(27)30-2/h5-8,12,20,23H,3-4H2,1-2H3,(H,25,26). The molecule has 3 N–H and O–H groups in total. The van der Waals surface area contributed by atoms with Gasteiger partial charge >= 0.3 is 17.6 Å². The number of aliphatic hydroxyl groups is 1. The third-order valence-electron chi connectivity index (χ3n) is 4.82. The van der Waals surface area contributed by atoms with Crippen LogP contribution in [0.5, 0.6) is 0 Å². The number of carboxylic acids is 1. The Morgan fingerprint density at radius 2 is 2.07 bits per heavy atom. The fourth-order valence-electron chi connectivity index (χ4n) is 3.22. The number of nitrogens with one attached hydrogen (secondary N) is 1. The number of aliphatic hydroxyl groups excluding tert-OH is 1. The number of carboxylic acid groups (broad SMARTS) is 1. The minimum atomic E-state index is -1.74. The van der Waals surface area contributed by atoms with Crippen LogP contribution in [0, 0.1) is 15.9 Å². The van der Waals surface area contributed by atoms with Gasteiger partial charge in [-0.15, -0.1) is 0 Å². The van der Waals surface area contributed by atoms with Crippen molar-refractivity contribution in [2.75, 3.05) is 12.4 Å². The number of fused-ring (bicyclic) bond motifs is 1. The van der Waals surface area contributed by atoms with Crippen molar-refractivity contribution >= 4 is 34.2 Å². The molecule has 30 heavy (non-hydrogen) atoms. The topological polar surface area (TPSA) is 161 Å². The van der Waals surface area contributed by atoms with Crippen molar-refractivity contribution in [1.82, 2.24) is 4.57 Å². The highest BCUT2D eigenvalue weighted by atomic mass is 19.1. The highest BCUT2D eigenvalue weighted by molar-refractivity contribution is 5.99. The molecule has 12 heteroatoms. The first-order valence-corrected chi connectivity index (χ1v) is 8.89. The molecule has 3 rings (SSSR count). The normalized spacial score (nSPS) is 15.5. The molecule has 0 spiro atoms. The number of halogens is 1. The minimum absolute atomic E-state index is 0.251. The zero-order valence-corrected chi connectivity index (χ0v) is 15.9. The number of esters is 1. The van der Waals surface area contributed by atoms with Gasteiger partial charge in [-0.05, 0) is 25.8 Å². The summed E-state index contributed by atoms with van der Waals surface area (Å²) in [6.45, 7) is 1.12. The van der Waals surface area contributed by atoms with E-state index in [1.54, 1.807) is 0 Å². The monoisotopic (exact) mass is 423 g/mol. The number of aromatic nitrogens is 1. The van der Waals surface area contributed by atoms with Crippen LogP contribution in [-0.2, 0) is 9.53 Å². The van der Waals surface area contributed by atoms with Gasteiger partial charge in [0.25, 0.3) is 0 Å². The number of pyridine rings is 1. The average molecular weight is 423 g/mol. The molecule has 0 saturated heterocycles. The van der Waals surface area contributed by atoms with Crippen LogP contribution in [0.4, 0.5) is 15.8 Å². The molecule has 2 unspecified atom stereocenters. The largest absolute Gasteiger partial charge is 0.480 e. The summed E-state index contributed by atoms with van der Waals surface area (Å²) in [6.07, 6.45) is 0.846. The predicted octanol–water partition coefficient (Wildman–Crippen LogP) is 1.42. The number of carbonyl (C=O) groups excluding carboxylic acids is 1. The Labute approximate surface area is 167 Å². The second-order valence-corrected chi connectivity index (χ2v) is 6.94. The molecule has 0 aliphatic heterocycles. The number of nitro groups is 1. The lowest BCUT2D eigenvalue weighted by Crippen LogP contribution is -2.39. The SMILES string of the molecule is COC(=O)c1cn(C2CC2)c2c([N+](=O)[O-])c(NC(C(=O)O)C(C)O)c(F)cc2c1=O. The summed E-state index contributed by atoms with van der Waals surface area (Å²) >= 11 is 0. The lowest BCUT2D eigenvalue weighted by Gasteiger charge is -2.20. The van der Waals surface area contributed by atoms with Gasteiger partial charge in [0, 0.05) is 12.2 Å². The van der Waals surface area contributed by atoms with E-state index in [0.29, 0.717) is 18.9 Å². The van der Waals surface area contributed by atoms with Crippen LogP contribution >= 0.6 is 0 Å². The quantitative estimate of drug-likeness (QED) is 0.340. The summed E-state index contributed by atoms with van der Waals surface area (Å²) in [5, 5.41) is 32.5. The molecule has 1 heterocycles. The second kappa shape index (κ2) is 7.71. The summed E-state index contributed by atoms with van der Waals surface area (Å²) in [5.41, 5.74) is -3.25. The summed E-state index contributed by atoms with van der Waals surface area (Å²) in [4.78, 5) is 47.0. The number of nitrogens with zero attached hydrogens (tertiary/aromatic N) is 2. The van der Waals surface area contributed by atoms with Crippen LogP contribution in [-0.4, -0.2) is 50.9 Å². The number of ether oxygens (including phenoxy) is 1. The molecule has 1 fully saturated rings. The van der Waals surface area contributed by atoms with Crippen molar-refractivity contribution in [2.45, 2.75) is 38.0 Å². The summed E-state index contributed by atoms with van der Waals surface area (Å²) in [5.74, 6) is -3.80. The number of hydrogen-bond donors (Lipinski definition) is 3. The number of benzene rings is 1. The van der Waals surface area contributed by atoms with Gasteiger partial charge in [0.2, 0.25) is 5.43 Å². The van der Waals surface area contributed by atoms with Gasteiger partial charge in [-0.2, -0.15) is 0 Å². The van der Waals surface area contributed by atoms with Gasteiger partial charge in [0.1, 0.15) is 11.1 Å². The Hall–Kier alpha value is -3.54. The molecule has 0 bridgehead atoms. The molecule has 0 amide bonds. The molecule has 2 aromatic rings. The number of anilines is 1. The van der Waals surface area contributed by atoms with Crippen molar-refractivity contribution in [1.29, 1.82) is 0 Å². The first-order valence-electron chi connectivity index (χ1n) is 8.89. The van der Waals surface area contributed by atoms with Gasteiger partial charge in [0.05, 0.1) is 23.5 Å². The number of nitro benzene ring substituents is 1. The maximum absolute atomic E-state index is 14.9. The first kappa shape index (κ1) is 21.2. The minimum Gasteiger partial charge on any atom is -0.480 e. The molecular formula is C18H18FN3O8. The fraction of sp³-hybridized carbons (Fsp3) is 0.389. The maximum Gasteiger partial charge on any atom is 0.343 e. The fourth-order valence-corrected chi connectivity index (χ4v) is 3.22. The van der Waals surface area contributed by atoms with E-state index in [-0.39, 0.29) is 11.6 Å². The predicted molar refractivity (Wildman–Crippen MR) is 101 cm³/mol. The third kappa shape index (κ3) is 3.56. The molecular weight excluding hydrogens is 405 g/mol. The van der Waals surface area contributed by atoms with E-state index < -0.39 is 62.6 Å². The Kier molecular flexibility index (Phi) is 5.44. The molecule has 160 valence electrons. The number of carbonyl (C=O) groups is 2. The van der Waals surface area contributed by atoms with E-state index in [1.165, 1.54) is 4.57 Å². The van der Waals surface area contributed by atoms with E-state index in [0.717, 1.165) is 20.2 Å². The lowest BCUT2D eigenvalue weighted by atomic mass is 10.1. The van der Waals surface area contributed by atoms with Crippen LogP contribution in [0.3, 0.4) is 0 Å². The molecule has 11 nitrogen and oxygen atoms in total. The van der Waals surface area contributed by atoms with Crippen LogP contribution in [0.2, 0.25) is 0 Å². The van der Waals surface area contributed by atoms with Gasteiger partial charge in [-0.25, -0.2) is 14.0 Å². The van der Waals surface area contributed by atoms with E-state index in [4.69, 9.17) is 0 Å². The first-order chi connectivity index (χ1) is 14.1. The number of hydrogen-bond acceptors (Lipinski definition) is 8. The number of methoxy groups -OCH3 is 1. The van der Waals surface area contributed by atoms with Crippen LogP contribution in [0.25, 0.3) is 10.9 Å². The summed E-state index contributed by atoms with van der Waals surface area (Å²) in [6, 6.07) is -1.30. The van der Waals surface area contributed by atoms with Crippen molar-refractivity contribution in [3.05, 3.63) is 44.0 Å². The molecule has 0 radical (unpaired) electrons. The van der Waals surface area contributed by atoms with Gasteiger partial charge in [0.15, 0.2) is 17.5 Å². The van der Waals surface area contributed by atoms with Crippen LogP contribution < -0.4 is 10.7 Å². The van der Waals surface area contributed by atoms with Crippen LogP contribution in [0.1, 0.15) is 36.2 Å². The van der Waals surface area contributed by atoms with E-state index in [9.17, 15) is 39.1 Å². The maximum atomic E-state index is 14.9. The third-order valence-corrected chi connectivity index (χ3v) is 4.82. The number of rotatable bonds is 7. The van der Waals surface area contributed by atoms with Crippen molar-refractivity contribution in [2.24, 2.45) is 0 Å². The smallest absolute Gasteiger partial charge is 0.343 e. The Balaban J connectivity index is 2.40. The zero-order valence-electron chi connectivity index (χ0n) is 15.9. The summed E-state index contributed by atoms with van der Waals surface area (Å²) in [7, 11) is 1.06. The van der Waals surface area contributed by atoms with E-state index in [2.05, 4.69) is 10.1 Å². The molecule has 1 aromatic heterocycles. The molecule has 1 aliphatic rings. The zero-order chi connectivity index (χ0) is 22.3. The van der Waals surface area contributed by atoms with Crippen LogP contribution in [0.15, 0.2) is 17.1 Å². The molecule has 2 atom stereocenters. The van der Waals surface area contributed by atoms with Gasteiger partial charge < -0.3 is 24.8 Å². The van der Waals surface area contributed by atoms with Crippen molar-refractivity contribution in [3.8, 4) is 0 Å². The van der Waals surface area contributed by atoms with Gasteiger partial charge in [-0.3, -0.25) is 14.9 Å². The van der Waals surface area contributed by atoms with E-state index in [1.807, 2.05) is 0 Å². The summed E-state index contributed by atoms with van der Waals surface area (Å²) < 4.78 is 20.8. The molecule has 1 saturated carbocycles. The second-order valence-electron chi connectivity index (χ2n) is 6.94. The molecule has 1 aromatic carbocycles. The highest BCUT2D eigenvalue weighted by Crippen LogP contribution is 2.42. The number of aliphatic carboxylic acids is 1. The molecule has 1 aliphatic carbocycles. The van der Waals surface area contributed by atoms with Crippen molar-refractivity contribution < 1.29 is 33.9 Å². The van der Waals surface area contributed by atoms with Crippen molar-refractivity contribution in [3.63, 3.8) is 0 Å². The average Bonchev–Trinajstić information content (AvgIpc) is 3.50.